The molecule has 0 saturated carbocycles. The quantitative estimate of drug-likeness (QED) is 0.700. The summed E-state index contributed by atoms with van der Waals surface area (Å²) < 4.78 is 5.96. The third-order valence-corrected chi connectivity index (χ3v) is 4.29. The Morgan fingerprint density at radius 2 is 1.68 bits per heavy atom. The van der Waals surface area contributed by atoms with Gasteiger partial charge in [-0.2, -0.15) is 0 Å². The van der Waals surface area contributed by atoms with Gasteiger partial charge in [0.25, 0.3) is 0 Å². The Morgan fingerprint density at radius 1 is 0.909 bits per heavy atom. The van der Waals surface area contributed by atoms with Crippen LogP contribution in [0, 0.1) is 0 Å². The number of hydrogen-bond acceptors (Lipinski definition) is 3. The van der Waals surface area contributed by atoms with Gasteiger partial charge < -0.3 is 14.9 Å². The monoisotopic (exact) mass is 292 g/mol. The van der Waals surface area contributed by atoms with E-state index >= 15 is 0 Å². The molecule has 22 heavy (non-hydrogen) atoms. The van der Waals surface area contributed by atoms with E-state index in [0.29, 0.717) is 6.61 Å². The molecule has 0 bridgehead atoms. The van der Waals surface area contributed by atoms with E-state index in [1.54, 1.807) is 24.3 Å². The van der Waals surface area contributed by atoms with Crippen molar-refractivity contribution in [1.29, 1.82) is 0 Å². The van der Waals surface area contributed by atoms with Crippen LogP contribution in [0.2, 0.25) is 0 Å². The third kappa shape index (κ3) is 1.82. The van der Waals surface area contributed by atoms with E-state index in [4.69, 9.17) is 4.74 Å². The second-order valence-corrected chi connectivity index (χ2v) is 5.63. The van der Waals surface area contributed by atoms with Gasteiger partial charge in [0.2, 0.25) is 0 Å². The summed E-state index contributed by atoms with van der Waals surface area (Å²) in [4.78, 5) is 0. The molecule has 110 valence electrons. The van der Waals surface area contributed by atoms with Crippen molar-refractivity contribution in [3.05, 3.63) is 53.6 Å². The fourth-order valence-electron chi connectivity index (χ4n) is 3.22. The Bertz CT molecular complexity index is 897. The minimum Gasteiger partial charge on any atom is -0.508 e. The second kappa shape index (κ2) is 4.67. The SMILES string of the molecule is CCc1cc2c(c3ccc(O)cc13)OCc1cc(O)ccc1-2. The molecule has 3 nitrogen and oxygen atoms in total. The molecule has 0 aromatic heterocycles. The maximum Gasteiger partial charge on any atom is 0.135 e. The molecule has 3 aromatic rings. The Morgan fingerprint density at radius 3 is 2.50 bits per heavy atom. The molecule has 2 N–H and O–H groups in total. The first-order valence-corrected chi connectivity index (χ1v) is 7.41. The standard InChI is InChI=1S/C19H16O3/c1-2-11-8-18-15-5-3-13(20)7-12(15)10-22-19(18)16-6-4-14(21)9-17(11)16/h3-9,20-21H,2,10H2,1H3. The number of rotatable bonds is 1. The minimum atomic E-state index is 0.257. The number of aromatic hydroxyl groups is 2. The Labute approximate surface area is 128 Å². The van der Waals surface area contributed by atoms with Crippen LogP contribution in [0.25, 0.3) is 21.9 Å². The number of hydrogen-bond donors (Lipinski definition) is 2. The lowest BCUT2D eigenvalue weighted by Crippen LogP contribution is -2.06. The average Bonchev–Trinajstić information content (AvgIpc) is 2.53. The minimum absolute atomic E-state index is 0.257. The first-order chi connectivity index (χ1) is 10.7. The molecule has 1 aliphatic heterocycles. The number of phenols is 2. The summed E-state index contributed by atoms with van der Waals surface area (Å²) in [5, 5.41) is 21.5. The van der Waals surface area contributed by atoms with E-state index in [-0.39, 0.29) is 11.5 Å². The largest absolute Gasteiger partial charge is 0.508 e. The second-order valence-electron chi connectivity index (χ2n) is 5.63. The van der Waals surface area contributed by atoms with Crippen molar-refractivity contribution in [3.63, 3.8) is 0 Å². The Kier molecular flexibility index (Phi) is 2.76. The highest BCUT2D eigenvalue weighted by molar-refractivity contribution is 5.99. The Hall–Kier alpha value is -2.68. The first kappa shape index (κ1) is 13.0. The zero-order chi connectivity index (χ0) is 15.3. The fraction of sp³-hybridized carbons (Fsp3) is 0.158. The molecular weight excluding hydrogens is 276 g/mol. The normalized spacial score (nSPS) is 12.6. The van der Waals surface area contributed by atoms with Crippen molar-refractivity contribution < 1.29 is 14.9 Å². The van der Waals surface area contributed by atoms with Crippen LogP contribution in [0.4, 0.5) is 0 Å². The molecule has 0 spiro atoms. The van der Waals surface area contributed by atoms with Crippen LogP contribution in [0.3, 0.4) is 0 Å². The van der Waals surface area contributed by atoms with Crippen LogP contribution in [0.15, 0.2) is 42.5 Å². The van der Waals surface area contributed by atoms with Gasteiger partial charge in [0, 0.05) is 16.5 Å². The van der Waals surface area contributed by atoms with E-state index in [9.17, 15) is 10.2 Å². The predicted octanol–water partition coefficient (Wildman–Crippen LogP) is 4.37. The van der Waals surface area contributed by atoms with Crippen molar-refractivity contribution in [1.82, 2.24) is 0 Å². The van der Waals surface area contributed by atoms with Crippen LogP contribution in [0.5, 0.6) is 17.2 Å². The molecular formula is C19H16O3. The van der Waals surface area contributed by atoms with Gasteiger partial charge >= 0.3 is 0 Å². The van der Waals surface area contributed by atoms with E-state index < -0.39 is 0 Å². The molecule has 0 amide bonds. The van der Waals surface area contributed by atoms with Crippen LogP contribution in [-0.2, 0) is 13.0 Å². The summed E-state index contributed by atoms with van der Waals surface area (Å²) in [6, 6.07) is 12.9. The van der Waals surface area contributed by atoms with E-state index in [0.717, 1.165) is 39.6 Å². The average molecular weight is 292 g/mol. The number of ether oxygens (including phenoxy) is 1. The smallest absolute Gasteiger partial charge is 0.135 e. The van der Waals surface area contributed by atoms with Gasteiger partial charge in [-0.1, -0.05) is 13.0 Å². The van der Waals surface area contributed by atoms with Gasteiger partial charge in [-0.25, -0.2) is 0 Å². The van der Waals surface area contributed by atoms with E-state index in [2.05, 4.69) is 13.0 Å². The summed E-state index contributed by atoms with van der Waals surface area (Å²) in [5.74, 6) is 1.38. The highest BCUT2D eigenvalue weighted by Gasteiger charge is 2.21. The van der Waals surface area contributed by atoms with Crippen LogP contribution in [0.1, 0.15) is 18.1 Å². The molecule has 1 heterocycles. The molecule has 0 saturated heterocycles. The van der Waals surface area contributed by atoms with E-state index in [1.807, 2.05) is 12.1 Å². The maximum atomic E-state index is 9.77. The molecule has 0 radical (unpaired) electrons. The Balaban J connectivity index is 2.08. The molecule has 0 atom stereocenters. The van der Waals surface area contributed by atoms with Crippen molar-refractivity contribution in [3.8, 4) is 28.4 Å². The van der Waals surface area contributed by atoms with Gasteiger partial charge in [-0.3, -0.25) is 0 Å². The highest BCUT2D eigenvalue weighted by Crippen LogP contribution is 2.45. The zero-order valence-electron chi connectivity index (χ0n) is 12.3. The lowest BCUT2D eigenvalue weighted by Gasteiger charge is -2.24. The molecule has 4 rings (SSSR count). The summed E-state index contributed by atoms with van der Waals surface area (Å²) in [7, 11) is 0. The lowest BCUT2D eigenvalue weighted by molar-refractivity contribution is 0.305. The molecule has 1 aliphatic rings. The number of fused-ring (bicyclic) bond motifs is 5. The van der Waals surface area contributed by atoms with Crippen LogP contribution in [-0.4, -0.2) is 10.2 Å². The van der Waals surface area contributed by atoms with Crippen LogP contribution < -0.4 is 4.74 Å². The van der Waals surface area contributed by atoms with Crippen molar-refractivity contribution in [2.45, 2.75) is 20.0 Å². The van der Waals surface area contributed by atoms with Gasteiger partial charge in [0.1, 0.15) is 23.9 Å². The van der Waals surface area contributed by atoms with Gasteiger partial charge in [0.15, 0.2) is 0 Å². The topological polar surface area (TPSA) is 49.7 Å². The number of benzene rings is 3. The van der Waals surface area contributed by atoms with Crippen molar-refractivity contribution in [2.75, 3.05) is 0 Å². The summed E-state index contributed by atoms with van der Waals surface area (Å²) in [6.07, 6.45) is 0.876. The van der Waals surface area contributed by atoms with Crippen LogP contribution >= 0.6 is 0 Å². The van der Waals surface area contributed by atoms with E-state index in [1.165, 1.54) is 5.56 Å². The zero-order valence-corrected chi connectivity index (χ0v) is 12.3. The fourth-order valence-corrected chi connectivity index (χ4v) is 3.22. The molecule has 0 fully saturated rings. The number of phenolic OH excluding ortho intramolecular Hbond substituents is 2. The molecule has 3 aromatic carbocycles. The summed E-state index contributed by atoms with van der Waals surface area (Å²) >= 11 is 0. The molecule has 0 unspecified atom stereocenters. The predicted molar refractivity (Wildman–Crippen MR) is 86.4 cm³/mol. The molecule has 0 aliphatic carbocycles. The van der Waals surface area contributed by atoms with Gasteiger partial charge in [-0.15, -0.1) is 0 Å². The highest BCUT2D eigenvalue weighted by atomic mass is 16.5. The van der Waals surface area contributed by atoms with Gasteiger partial charge in [-0.05, 0) is 59.3 Å². The van der Waals surface area contributed by atoms with Crippen molar-refractivity contribution in [2.24, 2.45) is 0 Å². The van der Waals surface area contributed by atoms with Crippen molar-refractivity contribution >= 4 is 10.8 Å². The maximum absolute atomic E-state index is 9.77. The first-order valence-electron chi connectivity index (χ1n) is 7.41. The lowest BCUT2D eigenvalue weighted by atomic mass is 9.90. The molecule has 3 heteroatoms. The third-order valence-electron chi connectivity index (χ3n) is 4.29. The number of aryl methyl sites for hydroxylation is 1. The summed E-state index contributed by atoms with van der Waals surface area (Å²) in [5.41, 5.74) is 4.32. The van der Waals surface area contributed by atoms with Gasteiger partial charge in [0.05, 0.1) is 0 Å². The summed E-state index contributed by atoms with van der Waals surface area (Å²) in [6.45, 7) is 2.55.